The van der Waals surface area contributed by atoms with Crippen LogP contribution in [-0.2, 0) is 6.42 Å². The molecule has 2 aromatic carbocycles. The highest BCUT2D eigenvalue weighted by molar-refractivity contribution is 5.68. The largest absolute Gasteiger partial charge is 0.508 e. The second-order valence-electron chi connectivity index (χ2n) is 5.10. The zero-order chi connectivity index (χ0) is 16.0. The van der Waals surface area contributed by atoms with Crippen LogP contribution in [0, 0.1) is 0 Å². The Morgan fingerprint density at radius 3 is 2.05 bits per heavy atom. The maximum Gasteiger partial charge on any atom is 0.208 e. The zero-order valence-corrected chi connectivity index (χ0v) is 11.3. The number of rotatable bonds is 1. The first kappa shape index (κ1) is 14.2. The maximum absolute atomic E-state index is 10.2. The molecule has 3 rings (SSSR count). The van der Waals surface area contributed by atoms with Gasteiger partial charge < -0.3 is 35.4 Å². The summed E-state index contributed by atoms with van der Waals surface area (Å²) in [4.78, 5) is 0. The fourth-order valence-electron chi connectivity index (χ4n) is 2.52. The van der Waals surface area contributed by atoms with Crippen molar-refractivity contribution in [2.24, 2.45) is 0 Å². The first-order valence-electron chi connectivity index (χ1n) is 6.52. The summed E-state index contributed by atoms with van der Waals surface area (Å²) in [6.07, 6.45) is -2.00. The van der Waals surface area contributed by atoms with Crippen LogP contribution in [0.1, 0.15) is 17.2 Å². The van der Waals surface area contributed by atoms with Gasteiger partial charge in [-0.05, 0) is 17.7 Å². The third-order valence-electron chi connectivity index (χ3n) is 3.68. The van der Waals surface area contributed by atoms with Crippen molar-refractivity contribution in [3.05, 3.63) is 35.4 Å². The molecule has 22 heavy (non-hydrogen) atoms. The van der Waals surface area contributed by atoms with E-state index in [0.29, 0.717) is 5.56 Å². The normalized spacial score (nSPS) is 20.2. The number of hydrogen-bond acceptors (Lipinski definition) is 7. The molecule has 0 fully saturated rings. The fourth-order valence-corrected chi connectivity index (χ4v) is 2.52. The van der Waals surface area contributed by atoms with Gasteiger partial charge in [0.2, 0.25) is 17.2 Å². The number of hydrogen-bond donors (Lipinski definition) is 6. The molecule has 0 spiro atoms. The molecule has 1 heterocycles. The van der Waals surface area contributed by atoms with Crippen LogP contribution in [0.15, 0.2) is 24.3 Å². The topological polar surface area (TPSA) is 131 Å². The number of aromatic hydroxyl groups is 5. The molecule has 0 amide bonds. The molecular formula is C15H14O7. The number of fused-ring (bicyclic) bond motifs is 1. The van der Waals surface area contributed by atoms with E-state index in [1.807, 2.05) is 0 Å². The molecule has 1 aliphatic heterocycles. The lowest BCUT2D eigenvalue weighted by Gasteiger charge is -2.32. The van der Waals surface area contributed by atoms with Crippen molar-refractivity contribution < 1.29 is 35.4 Å². The van der Waals surface area contributed by atoms with Crippen LogP contribution in [-0.4, -0.2) is 36.7 Å². The molecule has 6 N–H and O–H groups in total. The summed E-state index contributed by atoms with van der Waals surface area (Å²) < 4.78 is 5.50. The first-order valence-corrected chi connectivity index (χ1v) is 6.52. The summed E-state index contributed by atoms with van der Waals surface area (Å²) in [6, 6.07) is 5.94. The second kappa shape index (κ2) is 4.88. The Morgan fingerprint density at radius 2 is 1.41 bits per heavy atom. The van der Waals surface area contributed by atoms with Crippen LogP contribution < -0.4 is 4.74 Å². The van der Waals surface area contributed by atoms with E-state index in [0.717, 1.165) is 0 Å². The minimum atomic E-state index is -1.05. The summed E-state index contributed by atoms with van der Waals surface area (Å²) in [7, 11) is 0. The Kier molecular flexibility index (Phi) is 3.14. The van der Waals surface area contributed by atoms with E-state index in [4.69, 9.17) is 4.74 Å². The van der Waals surface area contributed by atoms with Gasteiger partial charge in [-0.2, -0.15) is 0 Å². The molecule has 116 valence electrons. The van der Waals surface area contributed by atoms with Gasteiger partial charge >= 0.3 is 0 Å². The van der Waals surface area contributed by atoms with E-state index in [-0.39, 0.29) is 23.5 Å². The molecule has 1 aliphatic rings. The van der Waals surface area contributed by atoms with Gasteiger partial charge in [-0.1, -0.05) is 12.1 Å². The SMILES string of the molecule is Oc1ccc(C2Oc3c(O)c(O)c(O)c(O)c3CC2O)cc1. The third-order valence-corrected chi connectivity index (χ3v) is 3.68. The zero-order valence-electron chi connectivity index (χ0n) is 11.3. The van der Waals surface area contributed by atoms with Crippen LogP contribution in [0.3, 0.4) is 0 Å². The number of ether oxygens (including phenoxy) is 1. The van der Waals surface area contributed by atoms with E-state index in [1.165, 1.54) is 12.1 Å². The van der Waals surface area contributed by atoms with E-state index < -0.39 is 35.2 Å². The molecular weight excluding hydrogens is 292 g/mol. The van der Waals surface area contributed by atoms with Crippen molar-refractivity contribution in [3.63, 3.8) is 0 Å². The van der Waals surface area contributed by atoms with Crippen molar-refractivity contribution in [1.82, 2.24) is 0 Å². The van der Waals surface area contributed by atoms with Gasteiger partial charge in [-0.25, -0.2) is 0 Å². The van der Waals surface area contributed by atoms with Gasteiger partial charge in [0.15, 0.2) is 17.6 Å². The minimum Gasteiger partial charge on any atom is -0.508 e. The Hall–Kier alpha value is -2.80. The Bertz CT molecular complexity index is 724. The van der Waals surface area contributed by atoms with Crippen molar-refractivity contribution in [3.8, 4) is 34.5 Å². The van der Waals surface area contributed by atoms with Gasteiger partial charge in [0.25, 0.3) is 0 Å². The molecule has 0 saturated heterocycles. The molecule has 2 atom stereocenters. The number of phenols is 5. The van der Waals surface area contributed by atoms with E-state index in [1.54, 1.807) is 12.1 Å². The molecule has 7 heteroatoms. The Balaban J connectivity index is 2.07. The molecule has 2 aromatic rings. The lowest BCUT2D eigenvalue weighted by molar-refractivity contribution is 0.0176. The smallest absolute Gasteiger partial charge is 0.208 e. The van der Waals surface area contributed by atoms with Crippen molar-refractivity contribution >= 4 is 0 Å². The summed E-state index contributed by atoms with van der Waals surface area (Å²) in [6.45, 7) is 0. The lowest BCUT2D eigenvalue weighted by atomic mass is 9.93. The Labute approximate surface area is 124 Å². The predicted octanol–water partition coefficient (Wildman–Crippen LogP) is 1.25. The third kappa shape index (κ3) is 2.03. The van der Waals surface area contributed by atoms with Gasteiger partial charge in [0.05, 0.1) is 6.10 Å². The van der Waals surface area contributed by atoms with Crippen LogP contribution in [0.25, 0.3) is 0 Å². The predicted molar refractivity (Wildman–Crippen MR) is 74.3 cm³/mol. The maximum atomic E-state index is 10.2. The average molecular weight is 306 g/mol. The number of phenolic OH excluding ortho intramolecular Hbond substituents is 5. The van der Waals surface area contributed by atoms with Crippen molar-refractivity contribution in [2.45, 2.75) is 18.6 Å². The van der Waals surface area contributed by atoms with Crippen molar-refractivity contribution in [2.75, 3.05) is 0 Å². The quantitative estimate of drug-likeness (QED) is 0.345. The molecule has 0 bridgehead atoms. The second-order valence-corrected chi connectivity index (χ2v) is 5.10. The van der Waals surface area contributed by atoms with Crippen LogP contribution >= 0.6 is 0 Å². The van der Waals surface area contributed by atoms with Crippen LogP contribution in [0.2, 0.25) is 0 Å². The molecule has 0 radical (unpaired) electrons. The number of aliphatic hydroxyl groups excluding tert-OH is 1. The average Bonchev–Trinajstić information content (AvgIpc) is 2.51. The van der Waals surface area contributed by atoms with Crippen LogP contribution in [0.4, 0.5) is 0 Å². The standard InChI is InChI=1S/C15H14O7/c16-7-3-1-6(2-4-7)14-9(17)5-8-10(18)11(19)12(20)13(21)15(8)22-14/h1-4,9,14,16-21H,5H2. The highest BCUT2D eigenvalue weighted by Gasteiger charge is 2.36. The number of aliphatic hydroxyl groups is 1. The van der Waals surface area contributed by atoms with Crippen LogP contribution in [0.5, 0.6) is 34.5 Å². The fraction of sp³-hybridized carbons (Fsp3) is 0.200. The highest BCUT2D eigenvalue weighted by atomic mass is 16.5. The van der Waals surface area contributed by atoms with Crippen molar-refractivity contribution in [1.29, 1.82) is 0 Å². The summed E-state index contributed by atoms with van der Waals surface area (Å²) in [5.74, 6) is -3.25. The van der Waals surface area contributed by atoms with Gasteiger partial charge in [0, 0.05) is 12.0 Å². The highest BCUT2D eigenvalue weighted by Crippen LogP contribution is 2.54. The molecule has 0 saturated carbocycles. The first-order chi connectivity index (χ1) is 10.4. The van der Waals surface area contributed by atoms with Gasteiger partial charge in [-0.3, -0.25) is 0 Å². The number of benzene rings is 2. The lowest BCUT2D eigenvalue weighted by Crippen LogP contribution is -2.30. The van der Waals surface area contributed by atoms with E-state index in [9.17, 15) is 30.6 Å². The molecule has 0 aliphatic carbocycles. The van der Waals surface area contributed by atoms with E-state index in [2.05, 4.69) is 0 Å². The molecule has 7 nitrogen and oxygen atoms in total. The van der Waals surface area contributed by atoms with Gasteiger partial charge in [0.1, 0.15) is 5.75 Å². The Morgan fingerprint density at radius 1 is 0.818 bits per heavy atom. The summed E-state index contributed by atoms with van der Waals surface area (Å²) in [5.41, 5.74) is 0.553. The monoisotopic (exact) mass is 306 g/mol. The minimum absolute atomic E-state index is 0.00956. The van der Waals surface area contributed by atoms with Gasteiger partial charge in [-0.15, -0.1) is 0 Å². The molecule has 2 unspecified atom stereocenters. The van der Waals surface area contributed by atoms with E-state index >= 15 is 0 Å². The summed E-state index contributed by atoms with van der Waals surface area (Å²) >= 11 is 0. The molecule has 0 aromatic heterocycles. The summed E-state index contributed by atoms with van der Waals surface area (Å²) in [5, 5.41) is 58.3.